The van der Waals surface area contributed by atoms with Crippen LogP contribution in [0.1, 0.15) is 6.23 Å². The van der Waals surface area contributed by atoms with Crippen LogP contribution in [-0.4, -0.2) is 74.1 Å². The van der Waals surface area contributed by atoms with Gasteiger partial charge in [0.2, 0.25) is 5.95 Å². The van der Waals surface area contributed by atoms with Gasteiger partial charge in [-0.3, -0.25) is 9.88 Å². The third kappa shape index (κ3) is 2.98. The lowest BCUT2D eigenvalue weighted by molar-refractivity contribution is -0.0345. The molecule has 0 saturated carbocycles. The van der Waals surface area contributed by atoms with Crippen molar-refractivity contribution in [2.24, 2.45) is 0 Å². The number of aliphatic hydroxyl groups excluding tert-OH is 2. The van der Waals surface area contributed by atoms with E-state index in [1.165, 1.54) is 17.2 Å². The second kappa shape index (κ2) is 7.10. The summed E-state index contributed by atoms with van der Waals surface area (Å²) in [5.74, 6) is 0.378. The number of imidazole rings is 2. The second-order valence-corrected chi connectivity index (χ2v) is 6.89. The number of hydrogen-bond donors (Lipinski definition) is 5. The van der Waals surface area contributed by atoms with Crippen molar-refractivity contribution >= 4 is 34.1 Å². The van der Waals surface area contributed by atoms with Crippen LogP contribution < -0.4 is 16.8 Å². The Morgan fingerprint density at radius 2 is 1.90 bits per heavy atom. The van der Waals surface area contributed by atoms with E-state index in [1.54, 1.807) is 17.1 Å². The normalized spacial score (nSPS) is 24.2. The molecule has 4 unspecified atom stereocenters. The van der Waals surface area contributed by atoms with Crippen molar-refractivity contribution in [3.63, 3.8) is 0 Å². The van der Waals surface area contributed by atoms with Crippen LogP contribution in [0.5, 0.6) is 0 Å². The summed E-state index contributed by atoms with van der Waals surface area (Å²) in [6.45, 7) is 0.608. The quantitative estimate of drug-likeness (QED) is 0.241. The molecule has 0 radical (unpaired) electrons. The molecule has 1 aliphatic rings. The van der Waals surface area contributed by atoms with E-state index in [-0.39, 0.29) is 18.3 Å². The first-order valence-corrected chi connectivity index (χ1v) is 9.11. The third-order valence-electron chi connectivity index (χ3n) is 5.00. The van der Waals surface area contributed by atoms with Gasteiger partial charge in [-0.25, -0.2) is 24.9 Å². The number of fused-ring (bicyclic) bond motifs is 2. The van der Waals surface area contributed by atoms with Gasteiger partial charge in [0.15, 0.2) is 23.3 Å². The van der Waals surface area contributed by atoms with Crippen LogP contribution in [0.2, 0.25) is 0 Å². The molecule has 0 amide bonds. The van der Waals surface area contributed by atoms with Gasteiger partial charge in [0.25, 0.3) is 0 Å². The van der Waals surface area contributed by atoms with E-state index >= 15 is 0 Å². The fourth-order valence-corrected chi connectivity index (χ4v) is 3.50. The van der Waals surface area contributed by atoms with Gasteiger partial charge in [-0.05, 0) is 0 Å². The number of nitrogens with two attached hydrogens (primary N) is 2. The lowest BCUT2D eigenvalue weighted by atomic mass is 10.1. The lowest BCUT2D eigenvalue weighted by Crippen LogP contribution is -2.38. The summed E-state index contributed by atoms with van der Waals surface area (Å²) in [6, 6.07) is 0. The van der Waals surface area contributed by atoms with Crippen LogP contribution in [0.4, 0.5) is 11.8 Å². The average molecular weight is 413 g/mol. The Bertz CT molecular complexity index is 1210. The molecule has 4 aromatic rings. The zero-order valence-electron chi connectivity index (χ0n) is 15.6. The number of nitrogens with zero attached hydrogens (tertiary/aromatic N) is 8. The van der Waals surface area contributed by atoms with Crippen LogP contribution in [0.3, 0.4) is 0 Å². The van der Waals surface area contributed by atoms with Crippen LogP contribution in [0, 0.1) is 0 Å². The number of aliphatic hydroxyl groups is 2. The van der Waals surface area contributed by atoms with E-state index in [0.717, 1.165) is 0 Å². The highest BCUT2D eigenvalue weighted by atomic mass is 16.6. The maximum absolute atomic E-state index is 10.5. The van der Waals surface area contributed by atoms with E-state index in [4.69, 9.17) is 16.2 Å². The first-order valence-electron chi connectivity index (χ1n) is 9.11. The number of anilines is 2. The summed E-state index contributed by atoms with van der Waals surface area (Å²) in [5.41, 5.74) is 13.5. The zero-order valence-corrected chi connectivity index (χ0v) is 15.6. The van der Waals surface area contributed by atoms with Gasteiger partial charge >= 0.3 is 0 Å². The molecule has 0 aliphatic carbocycles. The van der Waals surface area contributed by atoms with Crippen LogP contribution in [-0.2, 0) is 11.4 Å². The second-order valence-electron chi connectivity index (χ2n) is 6.89. The molecule has 4 atom stereocenters. The SMILES string of the molecule is Nc1ncc2ncn(CNCC3OC(n4cnc5c(N)ncnc54)C(O)C3O)c2n1. The molecule has 0 aromatic carbocycles. The Balaban J connectivity index is 1.29. The minimum atomic E-state index is -1.17. The summed E-state index contributed by atoms with van der Waals surface area (Å²) in [6.07, 6.45) is 2.08. The van der Waals surface area contributed by atoms with Gasteiger partial charge in [0.1, 0.15) is 35.7 Å². The number of aromatic nitrogens is 8. The number of ether oxygens (including phenoxy) is 1. The van der Waals surface area contributed by atoms with E-state index in [0.29, 0.717) is 29.0 Å². The third-order valence-corrected chi connectivity index (χ3v) is 5.00. The average Bonchev–Trinajstić information content (AvgIpc) is 3.41. The lowest BCUT2D eigenvalue weighted by Gasteiger charge is -2.16. The van der Waals surface area contributed by atoms with Gasteiger partial charge in [-0.1, -0.05) is 0 Å². The minimum Gasteiger partial charge on any atom is -0.387 e. The molecular weight excluding hydrogens is 394 g/mol. The molecule has 1 saturated heterocycles. The number of rotatable bonds is 5. The largest absolute Gasteiger partial charge is 0.387 e. The molecular formula is C16H19N11O3. The summed E-state index contributed by atoms with van der Waals surface area (Å²) in [5, 5.41) is 24.1. The first-order chi connectivity index (χ1) is 14.5. The zero-order chi connectivity index (χ0) is 20.8. The molecule has 7 N–H and O–H groups in total. The molecule has 14 heteroatoms. The molecule has 1 fully saturated rings. The first kappa shape index (κ1) is 18.6. The molecule has 4 aromatic heterocycles. The predicted octanol–water partition coefficient (Wildman–Crippen LogP) is -2.00. The van der Waals surface area contributed by atoms with Crippen LogP contribution >= 0.6 is 0 Å². The van der Waals surface area contributed by atoms with Crippen molar-refractivity contribution in [1.82, 2.24) is 44.4 Å². The topological polar surface area (TPSA) is 201 Å². The number of nitrogen functional groups attached to an aromatic ring is 2. The van der Waals surface area contributed by atoms with E-state index in [1.807, 2.05) is 0 Å². The Kier molecular flexibility index (Phi) is 4.39. The van der Waals surface area contributed by atoms with Crippen LogP contribution in [0.15, 0.2) is 25.2 Å². The monoisotopic (exact) mass is 413 g/mol. The summed E-state index contributed by atoms with van der Waals surface area (Å²) in [7, 11) is 0. The Morgan fingerprint density at radius 3 is 2.77 bits per heavy atom. The van der Waals surface area contributed by atoms with Gasteiger partial charge < -0.3 is 31.0 Å². The summed E-state index contributed by atoms with van der Waals surface area (Å²) in [4.78, 5) is 24.5. The van der Waals surface area contributed by atoms with Crippen molar-refractivity contribution < 1.29 is 14.9 Å². The minimum absolute atomic E-state index is 0.154. The van der Waals surface area contributed by atoms with E-state index in [2.05, 4.69) is 35.2 Å². The predicted molar refractivity (Wildman–Crippen MR) is 103 cm³/mol. The van der Waals surface area contributed by atoms with Crippen molar-refractivity contribution in [2.45, 2.75) is 31.2 Å². The molecule has 14 nitrogen and oxygen atoms in total. The van der Waals surface area contributed by atoms with Crippen molar-refractivity contribution in [1.29, 1.82) is 0 Å². The Morgan fingerprint density at radius 1 is 1.03 bits per heavy atom. The van der Waals surface area contributed by atoms with E-state index < -0.39 is 24.5 Å². The molecule has 5 heterocycles. The fraction of sp³-hybridized carbons (Fsp3) is 0.375. The molecule has 156 valence electrons. The smallest absolute Gasteiger partial charge is 0.222 e. The van der Waals surface area contributed by atoms with Gasteiger partial charge in [-0.15, -0.1) is 0 Å². The molecule has 5 rings (SSSR count). The molecule has 0 spiro atoms. The highest BCUT2D eigenvalue weighted by Gasteiger charge is 2.44. The number of nitrogens with one attached hydrogen (secondary N) is 1. The molecule has 0 bridgehead atoms. The fourth-order valence-electron chi connectivity index (χ4n) is 3.50. The standard InChI is InChI=1S/C16H19N11O3/c17-12-9-14(22-3-21-12)27(6-24-9)15-11(29)10(28)8(30-15)2-19-4-26-5-23-7-1-20-16(18)25-13(7)26/h1,3,5-6,8,10-11,15,19,28-29H,2,4H2,(H2,17,21,22)(H2,18,20,25). The highest BCUT2D eigenvalue weighted by Crippen LogP contribution is 2.31. The number of hydrogen-bond acceptors (Lipinski definition) is 12. The van der Waals surface area contributed by atoms with Gasteiger partial charge in [0.05, 0.1) is 25.5 Å². The summed E-state index contributed by atoms with van der Waals surface area (Å²) >= 11 is 0. The van der Waals surface area contributed by atoms with Gasteiger partial charge in [-0.2, -0.15) is 4.98 Å². The van der Waals surface area contributed by atoms with Crippen molar-refractivity contribution in [2.75, 3.05) is 18.0 Å². The van der Waals surface area contributed by atoms with Gasteiger partial charge in [0, 0.05) is 6.54 Å². The Hall–Kier alpha value is -3.46. The highest BCUT2D eigenvalue weighted by molar-refractivity contribution is 5.81. The van der Waals surface area contributed by atoms with E-state index in [9.17, 15) is 10.2 Å². The molecule has 30 heavy (non-hydrogen) atoms. The molecule has 1 aliphatic heterocycles. The van der Waals surface area contributed by atoms with Crippen molar-refractivity contribution in [3.8, 4) is 0 Å². The Labute approximate surface area is 168 Å². The van der Waals surface area contributed by atoms with Crippen molar-refractivity contribution in [3.05, 3.63) is 25.2 Å². The maximum Gasteiger partial charge on any atom is 0.222 e. The summed E-state index contributed by atoms with van der Waals surface area (Å²) < 4.78 is 9.18. The van der Waals surface area contributed by atoms with Crippen LogP contribution in [0.25, 0.3) is 22.3 Å². The maximum atomic E-state index is 10.5.